The van der Waals surface area contributed by atoms with Crippen LogP contribution in [0.3, 0.4) is 0 Å². The number of rotatable bonds is 1. The standard InChI is InChI=1S/C24H34BrN/c1-22(2,3)16-10-15(11-17(12-16)23(4,5)6)19-13-18(24(7,8)9)14-20(25)21(19)26/h10-14H,26H2,1-9H3. The monoisotopic (exact) mass is 415 g/mol. The highest BCUT2D eigenvalue weighted by Crippen LogP contribution is 2.40. The molecule has 0 aliphatic rings. The van der Waals surface area contributed by atoms with E-state index in [1.807, 2.05) is 0 Å². The molecule has 0 heterocycles. The van der Waals surface area contributed by atoms with Gasteiger partial charge in [-0.3, -0.25) is 0 Å². The second kappa shape index (κ2) is 6.71. The molecule has 142 valence electrons. The van der Waals surface area contributed by atoms with Crippen molar-refractivity contribution < 1.29 is 0 Å². The zero-order chi connectivity index (χ0) is 20.1. The highest BCUT2D eigenvalue weighted by molar-refractivity contribution is 9.10. The van der Waals surface area contributed by atoms with E-state index in [0.29, 0.717) is 0 Å². The molecule has 0 saturated carbocycles. The van der Waals surface area contributed by atoms with E-state index in [-0.39, 0.29) is 16.2 Å². The molecule has 26 heavy (non-hydrogen) atoms. The fourth-order valence-electron chi connectivity index (χ4n) is 2.94. The lowest BCUT2D eigenvalue weighted by Gasteiger charge is -2.27. The number of nitrogens with two attached hydrogens (primary N) is 1. The minimum atomic E-state index is 0.0689. The van der Waals surface area contributed by atoms with E-state index in [9.17, 15) is 0 Å². The average molecular weight is 416 g/mol. The van der Waals surface area contributed by atoms with E-state index < -0.39 is 0 Å². The van der Waals surface area contributed by atoms with Crippen LogP contribution in [0.4, 0.5) is 5.69 Å². The van der Waals surface area contributed by atoms with Gasteiger partial charge in [-0.2, -0.15) is 0 Å². The molecule has 0 bridgehead atoms. The van der Waals surface area contributed by atoms with Crippen molar-refractivity contribution in [2.24, 2.45) is 0 Å². The molecule has 1 nitrogen and oxygen atoms in total. The molecule has 0 aliphatic heterocycles. The van der Waals surface area contributed by atoms with Crippen molar-refractivity contribution in [2.45, 2.75) is 78.6 Å². The summed E-state index contributed by atoms with van der Waals surface area (Å²) in [6.45, 7) is 20.3. The van der Waals surface area contributed by atoms with Gasteiger partial charge in [-0.1, -0.05) is 80.5 Å². The fourth-order valence-corrected chi connectivity index (χ4v) is 3.40. The van der Waals surface area contributed by atoms with Gasteiger partial charge in [-0.25, -0.2) is 0 Å². The first kappa shape index (κ1) is 21.0. The van der Waals surface area contributed by atoms with Gasteiger partial charge in [0.1, 0.15) is 0 Å². The molecule has 0 aromatic heterocycles. The smallest absolute Gasteiger partial charge is 0.0538 e. The number of anilines is 1. The summed E-state index contributed by atoms with van der Waals surface area (Å²) in [6.07, 6.45) is 0. The third kappa shape index (κ3) is 4.52. The summed E-state index contributed by atoms with van der Waals surface area (Å²) in [6, 6.07) is 11.4. The van der Waals surface area contributed by atoms with Crippen LogP contribution in [0.25, 0.3) is 11.1 Å². The molecule has 0 atom stereocenters. The summed E-state index contributed by atoms with van der Waals surface area (Å²) in [7, 11) is 0. The van der Waals surface area contributed by atoms with Crippen LogP contribution < -0.4 is 5.73 Å². The first-order valence-electron chi connectivity index (χ1n) is 9.36. The van der Waals surface area contributed by atoms with Gasteiger partial charge in [0.2, 0.25) is 0 Å². The number of nitrogen functional groups attached to an aromatic ring is 1. The van der Waals surface area contributed by atoms with Crippen molar-refractivity contribution in [2.75, 3.05) is 5.73 Å². The molecular weight excluding hydrogens is 382 g/mol. The highest BCUT2D eigenvalue weighted by Gasteiger charge is 2.23. The Kier molecular flexibility index (Phi) is 5.43. The lowest BCUT2D eigenvalue weighted by molar-refractivity contribution is 0.569. The van der Waals surface area contributed by atoms with Gasteiger partial charge in [-0.15, -0.1) is 0 Å². The van der Waals surface area contributed by atoms with Crippen LogP contribution >= 0.6 is 15.9 Å². The van der Waals surface area contributed by atoms with E-state index in [0.717, 1.165) is 15.7 Å². The summed E-state index contributed by atoms with van der Waals surface area (Å²) in [4.78, 5) is 0. The van der Waals surface area contributed by atoms with Gasteiger partial charge in [0.15, 0.2) is 0 Å². The molecule has 0 amide bonds. The van der Waals surface area contributed by atoms with E-state index in [1.165, 1.54) is 22.3 Å². The van der Waals surface area contributed by atoms with E-state index >= 15 is 0 Å². The van der Waals surface area contributed by atoms with Crippen LogP contribution in [-0.4, -0.2) is 0 Å². The molecule has 0 saturated heterocycles. The number of hydrogen-bond donors (Lipinski definition) is 1. The molecule has 0 fully saturated rings. The van der Waals surface area contributed by atoms with Crippen LogP contribution in [0.15, 0.2) is 34.8 Å². The number of halogens is 1. The van der Waals surface area contributed by atoms with Crippen LogP contribution in [0, 0.1) is 0 Å². The Labute approximate surface area is 168 Å². The molecule has 2 rings (SSSR count). The van der Waals surface area contributed by atoms with E-state index in [4.69, 9.17) is 5.73 Å². The first-order chi connectivity index (χ1) is 11.6. The van der Waals surface area contributed by atoms with Gasteiger partial charge >= 0.3 is 0 Å². The zero-order valence-corrected chi connectivity index (χ0v) is 19.4. The molecule has 0 spiro atoms. The van der Waals surface area contributed by atoms with E-state index in [1.54, 1.807) is 0 Å². The quantitative estimate of drug-likeness (QED) is 0.476. The molecule has 2 N–H and O–H groups in total. The Bertz CT molecular complexity index is 780. The summed E-state index contributed by atoms with van der Waals surface area (Å²) >= 11 is 3.68. The molecule has 2 aromatic rings. The second-order valence-electron chi connectivity index (χ2n) is 10.5. The summed E-state index contributed by atoms with van der Waals surface area (Å²) in [5.74, 6) is 0. The van der Waals surface area contributed by atoms with Crippen molar-refractivity contribution >= 4 is 21.6 Å². The summed E-state index contributed by atoms with van der Waals surface area (Å²) < 4.78 is 0.971. The topological polar surface area (TPSA) is 26.0 Å². The van der Waals surface area contributed by atoms with Crippen molar-refractivity contribution in [3.63, 3.8) is 0 Å². The Morgan fingerprint density at radius 1 is 0.615 bits per heavy atom. The van der Waals surface area contributed by atoms with Crippen molar-refractivity contribution in [3.8, 4) is 11.1 Å². The number of benzene rings is 2. The Morgan fingerprint density at radius 3 is 1.38 bits per heavy atom. The minimum Gasteiger partial charge on any atom is -0.397 e. The SMILES string of the molecule is CC(C)(C)c1cc(-c2cc(C(C)(C)C)cc(Br)c2N)cc(C(C)(C)C)c1. The maximum absolute atomic E-state index is 6.50. The van der Waals surface area contributed by atoms with Crippen LogP contribution in [0.1, 0.15) is 79.0 Å². The average Bonchev–Trinajstić information content (AvgIpc) is 2.46. The molecule has 0 radical (unpaired) electrons. The van der Waals surface area contributed by atoms with E-state index in [2.05, 4.69) is 109 Å². The van der Waals surface area contributed by atoms with Crippen molar-refractivity contribution in [1.82, 2.24) is 0 Å². The lowest BCUT2D eigenvalue weighted by Crippen LogP contribution is -2.17. The summed E-state index contributed by atoms with van der Waals surface area (Å²) in [5.41, 5.74) is 13.8. The third-order valence-corrected chi connectivity index (χ3v) is 5.63. The largest absolute Gasteiger partial charge is 0.397 e. The maximum atomic E-state index is 6.50. The van der Waals surface area contributed by atoms with Crippen molar-refractivity contribution in [1.29, 1.82) is 0 Å². The summed E-state index contributed by atoms with van der Waals surface area (Å²) in [5, 5.41) is 0. The molecule has 0 aliphatic carbocycles. The lowest BCUT2D eigenvalue weighted by atomic mass is 9.78. The Morgan fingerprint density at radius 2 is 1.00 bits per heavy atom. The van der Waals surface area contributed by atoms with Crippen LogP contribution in [0.5, 0.6) is 0 Å². The second-order valence-corrected chi connectivity index (χ2v) is 11.3. The van der Waals surface area contributed by atoms with Crippen LogP contribution in [0.2, 0.25) is 0 Å². The normalized spacial score (nSPS) is 13.2. The van der Waals surface area contributed by atoms with Gasteiger partial charge < -0.3 is 5.73 Å². The highest BCUT2D eigenvalue weighted by atomic mass is 79.9. The molecule has 2 heteroatoms. The molecular formula is C24H34BrN. The van der Waals surface area contributed by atoms with Crippen LogP contribution in [-0.2, 0) is 16.2 Å². The maximum Gasteiger partial charge on any atom is 0.0538 e. The predicted octanol–water partition coefficient (Wildman–Crippen LogP) is 7.59. The van der Waals surface area contributed by atoms with Gasteiger partial charge in [-0.05, 0) is 66.6 Å². The van der Waals surface area contributed by atoms with Gasteiger partial charge in [0.25, 0.3) is 0 Å². The fraction of sp³-hybridized carbons (Fsp3) is 0.500. The van der Waals surface area contributed by atoms with Gasteiger partial charge in [0, 0.05) is 10.0 Å². The number of hydrogen-bond acceptors (Lipinski definition) is 1. The predicted molar refractivity (Wildman–Crippen MR) is 120 cm³/mol. The Balaban J connectivity index is 2.82. The Hall–Kier alpha value is -1.28. The van der Waals surface area contributed by atoms with Crippen molar-refractivity contribution in [3.05, 3.63) is 51.5 Å². The zero-order valence-electron chi connectivity index (χ0n) is 17.8. The molecule has 0 unspecified atom stereocenters. The van der Waals surface area contributed by atoms with Gasteiger partial charge in [0.05, 0.1) is 5.69 Å². The minimum absolute atomic E-state index is 0.0689. The molecule has 2 aromatic carbocycles. The third-order valence-electron chi connectivity index (χ3n) is 4.97. The first-order valence-corrected chi connectivity index (χ1v) is 10.2.